The van der Waals surface area contributed by atoms with Crippen molar-refractivity contribution in [3.05, 3.63) is 70.1 Å². The molecular weight excluding hydrogens is 490 g/mol. The Hall–Kier alpha value is -3.64. The lowest BCUT2D eigenvalue weighted by Crippen LogP contribution is -2.43. The summed E-state index contributed by atoms with van der Waals surface area (Å²) in [7, 11) is 2.18. The van der Waals surface area contributed by atoms with Gasteiger partial charge in [0, 0.05) is 54.4 Å². The van der Waals surface area contributed by atoms with Gasteiger partial charge in [0.05, 0.1) is 29.9 Å². The molecule has 39 heavy (non-hydrogen) atoms. The largest absolute Gasteiger partial charge is 0.506 e. The van der Waals surface area contributed by atoms with E-state index in [1.807, 2.05) is 6.20 Å². The van der Waals surface area contributed by atoms with E-state index in [2.05, 4.69) is 75.9 Å². The fraction of sp³-hybridized carbons (Fsp3) is 0.419. The van der Waals surface area contributed by atoms with Crippen molar-refractivity contribution in [2.45, 2.75) is 63.8 Å². The number of aliphatic hydroxyl groups excluding tert-OH is 1. The highest BCUT2D eigenvalue weighted by Crippen LogP contribution is 2.29. The van der Waals surface area contributed by atoms with Crippen LogP contribution >= 0.6 is 0 Å². The molecule has 1 aliphatic carbocycles. The van der Waals surface area contributed by atoms with Crippen LogP contribution in [-0.2, 0) is 13.0 Å². The molecule has 1 aliphatic rings. The highest BCUT2D eigenvalue weighted by molar-refractivity contribution is 5.87. The second-order valence-corrected chi connectivity index (χ2v) is 11.2. The lowest BCUT2D eigenvalue weighted by Gasteiger charge is -2.28. The van der Waals surface area contributed by atoms with Crippen LogP contribution < -0.4 is 10.9 Å². The van der Waals surface area contributed by atoms with Crippen LogP contribution in [0.3, 0.4) is 0 Å². The fourth-order valence-corrected chi connectivity index (χ4v) is 5.46. The number of fused-ring (bicyclic) bond motifs is 2. The summed E-state index contributed by atoms with van der Waals surface area (Å²) in [5.41, 5.74) is 2.74. The Morgan fingerprint density at radius 1 is 1.23 bits per heavy atom. The SMILES string of the molecule is CN(CCn1ncc2cc(CC(C)(C)NC[C@H](O)c3ccc(O)c4[nH]c(=O)ccc34)ccc21)C1CC#CCC1. The summed E-state index contributed by atoms with van der Waals surface area (Å²) in [6, 6.07) is 13.3. The van der Waals surface area contributed by atoms with E-state index in [-0.39, 0.29) is 16.8 Å². The zero-order chi connectivity index (χ0) is 27.6. The molecule has 2 aromatic heterocycles. The number of benzene rings is 2. The number of H-pyrrole nitrogens is 1. The Labute approximate surface area is 228 Å². The first-order valence-corrected chi connectivity index (χ1v) is 13.6. The number of hydrogen-bond acceptors (Lipinski definition) is 6. The normalized spacial score (nSPS) is 16.5. The first kappa shape index (κ1) is 26.9. The summed E-state index contributed by atoms with van der Waals surface area (Å²) in [5.74, 6) is 6.41. The van der Waals surface area contributed by atoms with Gasteiger partial charge in [0.15, 0.2) is 0 Å². The van der Waals surface area contributed by atoms with Crippen molar-refractivity contribution in [3.8, 4) is 17.6 Å². The molecule has 2 heterocycles. The molecule has 0 saturated heterocycles. The van der Waals surface area contributed by atoms with Gasteiger partial charge in [0.2, 0.25) is 5.56 Å². The van der Waals surface area contributed by atoms with Crippen molar-refractivity contribution in [2.75, 3.05) is 20.1 Å². The van der Waals surface area contributed by atoms with Gasteiger partial charge in [-0.05, 0) is 69.1 Å². The topological polar surface area (TPSA) is 106 Å². The van der Waals surface area contributed by atoms with Crippen LogP contribution in [0, 0.1) is 11.8 Å². The third kappa shape index (κ3) is 6.17. The number of nitrogens with zero attached hydrogens (tertiary/aromatic N) is 3. The van der Waals surface area contributed by atoms with Crippen LogP contribution in [-0.4, -0.2) is 61.6 Å². The Morgan fingerprint density at radius 3 is 2.87 bits per heavy atom. The monoisotopic (exact) mass is 527 g/mol. The number of nitrogens with one attached hydrogen (secondary N) is 2. The Bertz CT molecular complexity index is 1590. The van der Waals surface area contributed by atoms with Gasteiger partial charge in [-0.1, -0.05) is 12.1 Å². The highest BCUT2D eigenvalue weighted by atomic mass is 16.3. The number of phenols is 1. The summed E-state index contributed by atoms with van der Waals surface area (Å²) in [6.07, 6.45) is 4.98. The van der Waals surface area contributed by atoms with Crippen LogP contribution in [0.4, 0.5) is 0 Å². The molecule has 4 N–H and O–H groups in total. The van der Waals surface area contributed by atoms with E-state index in [9.17, 15) is 15.0 Å². The second kappa shape index (κ2) is 11.2. The van der Waals surface area contributed by atoms with E-state index in [1.165, 1.54) is 17.7 Å². The maximum atomic E-state index is 11.7. The number of aromatic amines is 1. The molecule has 0 radical (unpaired) electrons. The fourth-order valence-electron chi connectivity index (χ4n) is 5.46. The minimum Gasteiger partial charge on any atom is -0.506 e. The zero-order valence-corrected chi connectivity index (χ0v) is 22.9. The van der Waals surface area contributed by atoms with Gasteiger partial charge in [-0.2, -0.15) is 5.10 Å². The number of pyridine rings is 1. The van der Waals surface area contributed by atoms with Gasteiger partial charge in [-0.25, -0.2) is 0 Å². The number of aromatic nitrogens is 3. The van der Waals surface area contributed by atoms with Crippen molar-refractivity contribution in [1.29, 1.82) is 0 Å². The van der Waals surface area contributed by atoms with E-state index in [0.29, 0.717) is 29.1 Å². The zero-order valence-electron chi connectivity index (χ0n) is 22.9. The molecule has 0 bridgehead atoms. The molecule has 8 heteroatoms. The van der Waals surface area contributed by atoms with Gasteiger partial charge < -0.3 is 25.4 Å². The Balaban J connectivity index is 1.21. The molecule has 5 rings (SSSR count). The number of phenolic OH excluding ortho intramolecular Hbond substituents is 1. The summed E-state index contributed by atoms with van der Waals surface area (Å²) >= 11 is 0. The first-order chi connectivity index (χ1) is 18.7. The van der Waals surface area contributed by atoms with E-state index in [4.69, 9.17) is 0 Å². The molecule has 1 unspecified atom stereocenters. The second-order valence-electron chi connectivity index (χ2n) is 11.2. The first-order valence-electron chi connectivity index (χ1n) is 13.6. The van der Waals surface area contributed by atoms with Crippen molar-refractivity contribution in [1.82, 2.24) is 25.0 Å². The van der Waals surface area contributed by atoms with E-state index < -0.39 is 6.10 Å². The van der Waals surface area contributed by atoms with E-state index in [0.717, 1.165) is 49.7 Å². The molecular formula is C31H37N5O3. The number of β-amino-alcohol motifs (C(OH)–C–C–N with tert-alkyl or cyclic N) is 1. The Morgan fingerprint density at radius 2 is 2.08 bits per heavy atom. The molecule has 0 amide bonds. The maximum Gasteiger partial charge on any atom is 0.248 e. The number of likely N-dealkylation sites (N-methyl/N-ethyl adjacent to an activating group) is 1. The quantitative estimate of drug-likeness (QED) is 0.234. The van der Waals surface area contributed by atoms with Crippen LogP contribution in [0.2, 0.25) is 0 Å². The minimum atomic E-state index is -0.808. The predicted molar refractivity (Wildman–Crippen MR) is 155 cm³/mol. The molecule has 8 nitrogen and oxygen atoms in total. The standard InChI is InChI=1S/C31H37N5O3/c1-31(2,32-20-28(38)24-10-13-27(37)30-25(24)11-14-29(39)34-30)18-21-9-12-26-22(17-21)19-33-36(26)16-15-35(3)23-7-5-4-6-8-23/h9-14,17,19,23,28,32,37-38H,5,7-8,15-16,18,20H2,1-3H3,(H,34,39)/t23?,28-/m0/s1. The number of aliphatic hydroxyl groups is 1. The molecule has 0 aliphatic heterocycles. The summed E-state index contributed by atoms with van der Waals surface area (Å²) in [4.78, 5) is 16.8. The molecule has 2 aromatic carbocycles. The molecule has 0 spiro atoms. The van der Waals surface area contributed by atoms with Crippen molar-refractivity contribution in [2.24, 2.45) is 0 Å². The van der Waals surface area contributed by atoms with Crippen molar-refractivity contribution < 1.29 is 10.2 Å². The van der Waals surface area contributed by atoms with Crippen molar-refractivity contribution in [3.63, 3.8) is 0 Å². The minimum absolute atomic E-state index is 0.0169. The number of rotatable bonds is 10. The Kier molecular flexibility index (Phi) is 7.76. The molecule has 0 fully saturated rings. The lowest BCUT2D eigenvalue weighted by molar-refractivity contribution is 0.162. The number of hydrogen-bond donors (Lipinski definition) is 4. The van der Waals surface area contributed by atoms with Gasteiger partial charge in [-0.15, -0.1) is 11.8 Å². The number of aromatic hydroxyl groups is 1. The highest BCUT2D eigenvalue weighted by Gasteiger charge is 2.22. The lowest BCUT2D eigenvalue weighted by atomic mass is 9.93. The van der Waals surface area contributed by atoms with Crippen LogP contribution in [0.1, 0.15) is 50.3 Å². The average Bonchev–Trinajstić information content (AvgIpc) is 3.33. The smallest absolute Gasteiger partial charge is 0.248 e. The van der Waals surface area contributed by atoms with Crippen LogP contribution in [0.25, 0.3) is 21.8 Å². The van der Waals surface area contributed by atoms with Gasteiger partial charge >= 0.3 is 0 Å². The molecule has 2 atom stereocenters. The third-order valence-electron chi connectivity index (χ3n) is 7.75. The third-order valence-corrected chi connectivity index (χ3v) is 7.75. The van der Waals surface area contributed by atoms with Gasteiger partial charge in [0.25, 0.3) is 0 Å². The molecule has 0 saturated carbocycles. The van der Waals surface area contributed by atoms with Gasteiger partial charge in [0.1, 0.15) is 5.75 Å². The van der Waals surface area contributed by atoms with Gasteiger partial charge in [-0.3, -0.25) is 9.48 Å². The summed E-state index contributed by atoms with van der Waals surface area (Å²) in [6.45, 7) is 6.34. The maximum absolute atomic E-state index is 11.7. The van der Waals surface area contributed by atoms with Crippen molar-refractivity contribution >= 4 is 21.8 Å². The average molecular weight is 528 g/mol. The summed E-state index contributed by atoms with van der Waals surface area (Å²) in [5, 5.41) is 31.0. The predicted octanol–water partition coefficient (Wildman–Crippen LogP) is 3.72. The van der Waals surface area contributed by atoms with E-state index in [1.54, 1.807) is 12.1 Å². The molecule has 4 aromatic rings. The summed E-state index contributed by atoms with van der Waals surface area (Å²) < 4.78 is 2.08. The van der Waals surface area contributed by atoms with E-state index >= 15 is 0 Å². The van der Waals surface area contributed by atoms with Crippen LogP contribution in [0.5, 0.6) is 5.75 Å². The van der Waals surface area contributed by atoms with Crippen LogP contribution in [0.15, 0.2) is 53.5 Å². The molecule has 204 valence electrons.